The van der Waals surface area contributed by atoms with Gasteiger partial charge in [-0.05, 0) is 30.7 Å². The van der Waals surface area contributed by atoms with Gasteiger partial charge in [0.2, 0.25) is 0 Å². The monoisotopic (exact) mass is 275 g/mol. The van der Waals surface area contributed by atoms with Gasteiger partial charge in [0.1, 0.15) is 0 Å². The molecule has 1 saturated carbocycles. The standard InChI is InChI=1S/C16H25N3O/c1-4-9-18-13-11-17-10-7-12(13)15(20)19-14-6-5-8-16(14,2)3/h7,10-11,14,18H,4-6,8-9H2,1-3H3,(H,19,20). The Kier molecular flexibility index (Phi) is 4.63. The first kappa shape index (κ1) is 14.8. The molecule has 0 spiro atoms. The van der Waals surface area contributed by atoms with E-state index in [1.54, 1.807) is 18.5 Å². The van der Waals surface area contributed by atoms with Gasteiger partial charge >= 0.3 is 0 Å². The fourth-order valence-corrected chi connectivity index (χ4v) is 2.82. The summed E-state index contributed by atoms with van der Waals surface area (Å²) < 4.78 is 0. The summed E-state index contributed by atoms with van der Waals surface area (Å²) >= 11 is 0. The van der Waals surface area contributed by atoms with Crippen molar-refractivity contribution in [1.82, 2.24) is 10.3 Å². The van der Waals surface area contributed by atoms with Gasteiger partial charge in [-0.3, -0.25) is 9.78 Å². The van der Waals surface area contributed by atoms with Crippen LogP contribution in [0.1, 0.15) is 56.8 Å². The van der Waals surface area contributed by atoms with Crippen LogP contribution in [0.5, 0.6) is 0 Å². The summed E-state index contributed by atoms with van der Waals surface area (Å²) in [5.41, 5.74) is 1.71. The van der Waals surface area contributed by atoms with Crippen molar-refractivity contribution in [3.63, 3.8) is 0 Å². The molecule has 1 atom stereocenters. The highest BCUT2D eigenvalue weighted by Gasteiger charge is 2.35. The van der Waals surface area contributed by atoms with Crippen molar-refractivity contribution in [2.45, 2.75) is 52.5 Å². The van der Waals surface area contributed by atoms with Gasteiger partial charge in [-0.15, -0.1) is 0 Å². The predicted octanol–water partition coefficient (Wildman–Crippen LogP) is 3.21. The molecule has 0 aliphatic heterocycles. The SMILES string of the molecule is CCCNc1cnccc1C(=O)NC1CCCC1(C)C. The lowest BCUT2D eigenvalue weighted by atomic mass is 9.87. The molecule has 1 fully saturated rings. The summed E-state index contributed by atoms with van der Waals surface area (Å²) in [5, 5.41) is 6.46. The Labute approximate surface area is 121 Å². The van der Waals surface area contributed by atoms with Crippen molar-refractivity contribution in [2.24, 2.45) is 5.41 Å². The molecule has 1 aromatic heterocycles. The average Bonchev–Trinajstić information content (AvgIpc) is 2.76. The van der Waals surface area contributed by atoms with Crippen molar-refractivity contribution >= 4 is 11.6 Å². The van der Waals surface area contributed by atoms with Gasteiger partial charge in [0.15, 0.2) is 0 Å². The number of nitrogens with zero attached hydrogens (tertiary/aromatic N) is 1. The molecule has 1 unspecified atom stereocenters. The maximum Gasteiger partial charge on any atom is 0.253 e. The van der Waals surface area contributed by atoms with Gasteiger partial charge in [-0.25, -0.2) is 0 Å². The van der Waals surface area contributed by atoms with Gasteiger partial charge in [0.05, 0.1) is 17.4 Å². The molecular formula is C16H25N3O. The molecule has 0 saturated heterocycles. The smallest absolute Gasteiger partial charge is 0.253 e. The molecule has 0 bridgehead atoms. The second-order valence-corrected chi connectivity index (χ2v) is 6.25. The highest BCUT2D eigenvalue weighted by Crippen LogP contribution is 2.37. The summed E-state index contributed by atoms with van der Waals surface area (Å²) in [6.45, 7) is 7.41. The summed E-state index contributed by atoms with van der Waals surface area (Å²) in [6, 6.07) is 2.05. The van der Waals surface area contributed by atoms with Crippen LogP contribution >= 0.6 is 0 Å². The quantitative estimate of drug-likeness (QED) is 0.867. The van der Waals surface area contributed by atoms with Crippen LogP contribution in [0.3, 0.4) is 0 Å². The van der Waals surface area contributed by atoms with Crippen LogP contribution in [-0.4, -0.2) is 23.5 Å². The van der Waals surface area contributed by atoms with Crippen LogP contribution in [0, 0.1) is 5.41 Å². The Balaban J connectivity index is 2.09. The number of carbonyl (C=O) groups is 1. The van der Waals surface area contributed by atoms with E-state index in [9.17, 15) is 4.79 Å². The van der Waals surface area contributed by atoms with E-state index in [4.69, 9.17) is 0 Å². The maximum absolute atomic E-state index is 12.5. The molecule has 0 aromatic carbocycles. The molecule has 0 radical (unpaired) electrons. The van der Waals surface area contributed by atoms with Crippen molar-refractivity contribution in [1.29, 1.82) is 0 Å². The van der Waals surface area contributed by atoms with Crippen LogP contribution in [0.2, 0.25) is 0 Å². The molecule has 4 heteroatoms. The Hall–Kier alpha value is -1.58. The third-order valence-corrected chi connectivity index (χ3v) is 4.19. The zero-order valence-corrected chi connectivity index (χ0v) is 12.7. The Morgan fingerprint density at radius 3 is 2.95 bits per heavy atom. The van der Waals surface area contributed by atoms with Gasteiger partial charge < -0.3 is 10.6 Å². The summed E-state index contributed by atoms with van der Waals surface area (Å²) in [6.07, 6.45) is 7.85. The summed E-state index contributed by atoms with van der Waals surface area (Å²) in [5.74, 6) is 0.00554. The van der Waals surface area contributed by atoms with E-state index >= 15 is 0 Å². The van der Waals surface area contributed by atoms with Crippen molar-refractivity contribution in [2.75, 3.05) is 11.9 Å². The zero-order valence-electron chi connectivity index (χ0n) is 12.7. The van der Waals surface area contributed by atoms with E-state index in [0.29, 0.717) is 5.56 Å². The number of rotatable bonds is 5. The van der Waals surface area contributed by atoms with E-state index in [0.717, 1.165) is 25.1 Å². The molecule has 1 aliphatic rings. The molecule has 20 heavy (non-hydrogen) atoms. The lowest BCUT2D eigenvalue weighted by molar-refractivity contribution is 0.0910. The zero-order chi connectivity index (χ0) is 14.6. The number of aromatic nitrogens is 1. The van der Waals surface area contributed by atoms with Gasteiger partial charge in [0.25, 0.3) is 5.91 Å². The largest absolute Gasteiger partial charge is 0.383 e. The lowest BCUT2D eigenvalue weighted by Gasteiger charge is -2.28. The highest BCUT2D eigenvalue weighted by atomic mass is 16.1. The van der Waals surface area contributed by atoms with Crippen molar-refractivity contribution in [3.05, 3.63) is 24.0 Å². The van der Waals surface area contributed by atoms with Gasteiger partial charge in [0, 0.05) is 18.8 Å². The number of hydrogen-bond acceptors (Lipinski definition) is 3. The minimum Gasteiger partial charge on any atom is -0.383 e. The molecule has 1 amide bonds. The molecule has 4 nitrogen and oxygen atoms in total. The number of hydrogen-bond donors (Lipinski definition) is 2. The maximum atomic E-state index is 12.5. The Bertz CT molecular complexity index is 471. The van der Waals surface area contributed by atoms with E-state index in [2.05, 4.69) is 36.4 Å². The van der Waals surface area contributed by atoms with E-state index < -0.39 is 0 Å². The molecular weight excluding hydrogens is 250 g/mol. The third kappa shape index (κ3) is 3.30. The molecule has 1 aromatic rings. The number of nitrogens with one attached hydrogen (secondary N) is 2. The number of anilines is 1. The summed E-state index contributed by atoms with van der Waals surface area (Å²) in [7, 11) is 0. The normalized spacial score (nSPS) is 20.6. The fraction of sp³-hybridized carbons (Fsp3) is 0.625. The van der Waals surface area contributed by atoms with Gasteiger partial charge in [-0.2, -0.15) is 0 Å². The van der Waals surface area contributed by atoms with E-state index in [1.807, 2.05) is 0 Å². The Morgan fingerprint density at radius 2 is 2.30 bits per heavy atom. The Morgan fingerprint density at radius 1 is 1.50 bits per heavy atom. The van der Waals surface area contributed by atoms with E-state index in [-0.39, 0.29) is 17.4 Å². The van der Waals surface area contributed by atoms with Crippen molar-refractivity contribution < 1.29 is 4.79 Å². The highest BCUT2D eigenvalue weighted by molar-refractivity contribution is 5.99. The molecule has 2 N–H and O–H groups in total. The first-order valence-electron chi connectivity index (χ1n) is 7.53. The lowest BCUT2D eigenvalue weighted by Crippen LogP contribution is -2.41. The van der Waals surface area contributed by atoms with Crippen LogP contribution in [-0.2, 0) is 0 Å². The average molecular weight is 275 g/mol. The molecule has 1 aliphatic carbocycles. The van der Waals surface area contributed by atoms with Gasteiger partial charge in [-0.1, -0.05) is 27.2 Å². The van der Waals surface area contributed by atoms with Crippen LogP contribution in [0.25, 0.3) is 0 Å². The number of amides is 1. The minimum absolute atomic E-state index is 0.00554. The molecule has 110 valence electrons. The molecule has 1 heterocycles. The van der Waals surface area contributed by atoms with E-state index in [1.165, 1.54) is 12.8 Å². The number of carbonyl (C=O) groups excluding carboxylic acids is 1. The fourth-order valence-electron chi connectivity index (χ4n) is 2.82. The first-order chi connectivity index (χ1) is 9.54. The minimum atomic E-state index is 0.00554. The van der Waals surface area contributed by atoms with Crippen LogP contribution < -0.4 is 10.6 Å². The predicted molar refractivity (Wildman–Crippen MR) is 81.9 cm³/mol. The van der Waals surface area contributed by atoms with Crippen LogP contribution in [0.4, 0.5) is 5.69 Å². The second kappa shape index (κ2) is 6.25. The first-order valence-corrected chi connectivity index (χ1v) is 7.53. The summed E-state index contributed by atoms with van der Waals surface area (Å²) in [4.78, 5) is 16.6. The molecule has 2 rings (SSSR count). The third-order valence-electron chi connectivity index (χ3n) is 4.19. The van der Waals surface area contributed by atoms with Crippen LogP contribution in [0.15, 0.2) is 18.5 Å². The topological polar surface area (TPSA) is 54.0 Å². The van der Waals surface area contributed by atoms with Crippen molar-refractivity contribution in [3.8, 4) is 0 Å². The number of pyridine rings is 1. The second-order valence-electron chi connectivity index (χ2n) is 6.25.